The van der Waals surface area contributed by atoms with Crippen molar-refractivity contribution in [2.45, 2.75) is 83.8 Å². The van der Waals surface area contributed by atoms with Gasteiger partial charge in [0, 0.05) is 37.4 Å². The van der Waals surface area contributed by atoms with Crippen LogP contribution in [0.3, 0.4) is 0 Å². The van der Waals surface area contributed by atoms with Gasteiger partial charge in [0.05, 0.1) is 24.4 Å². The van der Waals surface area contributed by atoms with Gasteiger partial charge < -0.3 is 24.4 Å². The lowest BCUT2D eigenvalue weighted by Crippen LogP contribution is -2.58. The summed E-state index contributed by atoms with van der Waals surface area (Å²) < 4.78 is 18.9. The van der Waals surface area contributed by atoms with E-state index in [9.17, 15) is 9.59 Å². The average Bonchev–Trinajstić information content (AvgIpc) is 2.73. The molecule has 7 heteroatoms. The van der Waals surface area contributed by atoms with Crippen LogP contribution in [0.2, 0.25) is 0 Å². The second kappa shape index (κ2) is 8.91. The SMILES string of the molecule is CC(=O)N[C@@H](COC(C)(C)C)C(=O)N1CC[C@@H]2O[C@@H]3c4ccccc4OC(C)(C)[C@H]3C[C@@H]2C1. The van der Waals surface area contributed by atoms with E-state index in [0.29, 0.717) is 13.1 Å². The van der Waals surface area contributed by atoms with Crippen molar-refractivity contribution in [3.8, 4) is 5.75 Å². The summed E-state index contributed by atoms with van der Waals surface area (Å²) in [4.78, 5) is 27.0. The summed E-state index contributed by atoms with van der Waals surface area (Å²) in [5, 5.41) is 2.78. The number of benzene rings is 1. The van der Waals surface area contributed by atoms with Crippen molar-refractivity contribution in [3.05, 3.63) is 29.8 Å². The van der Waals surface area contributed by atoms with Crippen molar-refractivity contribution in [1.29, 1.82) is 0 Å². The first-order valence-electron chi connectivity index (χ1n) is 12.1. The number of para-hydroxylation sites is 1. The first-order chi connectivity index (χ1) is 15.4. The van der Waals surface area contributed by atoms with Crippen LogP contribution in [0.5, 0.6) is 5.75 Å². The minimum atomic E-state index is -0.683. The zero-order valence-electron chi connectivity index (χ0n) is 20.7. The molecule has 0 aromatic heterocycles. The Kier molecular flexibility index (Phi) is 6.49. The number of likely N-dealkylation sites (tertiary alicyclic amines) is 1. The second-order valence-electron chi connectivity index (χ2n) is 11.2. The number of hydrogen-bond donors (Lipinski definition) is 1. The van der Waals surface area contributed by atoms with Gasteiger partial charge in [-0.2, -0.15) is 0 Å². The van der Waals surface area contributed by atoms with Crippen molar-refractivity contribution in [3.63, 3.8) is 0 Å². The number of nitrogens with zero attached hydrogens (tertiary/aromatic N) is 1. The summed E-state index contributed by atoms with van der Waals surface area (Å²) in [7, 11) is 0. The van der Waals surface area contributed by atoms with Gasteiger partial charge in [-0.3, -0.25) is 9.59 Å². The first-order valence-corrected chi connectivity index (χ1v) is 12.1. The van der Waals surface area contributed by atoms with Crippen LogP contribution in [0.4, 0.5) is 0 Å². The van der Waals surface area contributed by atoms with E-state index < -0.39 is 6.04 Å². The molecule has 4 rings (SSSR count). The molecule has 2 fully saturated rings. The Labute approximate surface area is 197 Å². The van der Waals surface area contributed by atoms with Crippen molar-refractivity contribution in [1.82, 2.24) is 10.2 Å². The molecule has 0 unspecified atom stereocenters. The fourth-order valence-corrected chi connectivity index (χ4v) is 5.43. The minimum Gasteiger partial charge on any atom is -0.487 e. The Hall–Kier alpha value is -2.12. The lowest BCUT2D eigenvalue weighted by molar-refractivity contribution is -0.189. The Morgan fingerprint density at radius 3 is 2.70 bits per heavy atom. The molecular weight excluding hydrogens is 420 g/mol. The molecule has 0 saturated carbocycles. The molecule has 182 valence electrons. The molecule has 3 aliphatic heterocycles. The van der Waals surface area contributed by atoms with Crippen molar-refractivity contribution >= 4 is 11.8 Å². The molecule has 33 heavy (non-hydrogen) atoms. The van der Waals surface area contributed by atoms with Gasteiger partial charge in [0.2, 0.25) is 11.8 Å². The zero-order valence-corrected chi connectivity index (χ0v) is 20.7. The molecule has 0 bridgehead atoms. The predicted molar refractivity (Wildman–Crippen MR) is 125 cm³/mol. The van der Waals surface area contributed by atoms with E-state index in [0.717, 1.165) is 24.2 Å². The van der Waals surface area contributed by atoms with Crippen LogP contribution in [0.1, 0.15) is 66.1 Å². The monoisotopic (exact) mass is 458 g/mol. The second-order valence-corrected chi connectivity index (χ2v) is 11.2. The van der Waals surface area contributed by atoms with Crippen LogP contribution >= 0.6 is 0 Å². The van der Waals surface area contributed by atoms with Crippen LogP contribution in [-0.2, 0) is 19.1 Å². The third kappa shape index (κ3) is 5.19. The van der Waals surface area contributed by atoms with Crippen LogP contribution in [0, 0.1) is 11.8 Å². The number of nitrogens with one attached hydrogen (secondary N) is 1. The molecule has 1 N–H and O–H groups in total. The quantitative estimate of drug-likeness (QED) is 0.748. The number of rotatable bonds is 4. The van der Waals surface area contributed by atoms with Crippen LogP contribution in [-0.4, -0.2) is 59.8 Å². The van der Waals surface area contributed by atoms with Gasteiger partial charge in [0.25, 0.3) is 0 Å². The fraction of sp³-hybridized carbons (Fsp3) is 0.692. The summed E-state index contributed by atoms with van der Waals surface area (Å²) in [6.07, 6.45) is 1.85. The van der Waals surface area contributed by atoms with E-state index in [1.165, 1.54) is 6.92 Å². The highest BCUT2D eigenvalue weighted by molar-refractivity contribution is 5.87. The summed E-state index contributed by atoms with van der Waals surface area (Å²) in [6, 6.07) is 7.48. The summed E-state index contributed by atoms with van der Waals surface area (Å²) in [5.41, 5.74) is 0.387. The number of carbonyl (C=O) groups is 2. The summed E-state index contributed by atoms with van der Waals surface area (Å²) >= 11 is 0. The van der Waals surface area contributed by atoms with Gasteiger partial charge in [0.1, 0.15) is 17.4 Å². The Morgan fingerprint density at radius 1 is 1.27 bits per heavy atom. The highest BCUT2D eigenvalue weighted by Gasteiger charge is 2.51. The number of fused-ring (bicyclic) bond motifs is 4. The fourth-order valence-electron chi connectivity index (χ4n) is 5.43. The van der Waals surface area contributed by atoms with Crippen molar-refractivity contribution in [2.24, 2.45) is 11.8 Å². The summed E-state index contributed by atoms with van der Waals surface area (Å²) in [5.74, 6) is 1.04. The van der Waals surface area contributed by atoms with Crippen molar-refractivity contribution < 1.29 is 23.8 Å². The van der Waals surface area contributed by atoms with Gasteiger partial charge in [-0.05, 0) is 53.5 Å². The molecule has 0 spiro atoms. The third-order valence-corrected chi connectivity index (χ3v) is 7.07. The lowest BCUT2D eigenvalue weighted by atomic mass is 9.70. The molecular formula is C26H38N2O5. The molecule has 7 nitrogen and oxygen atoms in total. The van der Waals surface area contributed by atoms with Crippen LogP contribution < -0.4 is 10.1 Å². The number of amides is 2. The molecule has 2 saturated heterocycles. The van der Waals surface area contributed by atoms with Gasteiger partial charge >= 0.3 is 0 Å². The standard InChI is InChI=1S/C26H38N2O5/c1-16(29)27-20(15-31-25(2,3)4)24(30)28-12-11-21-17(14-28)13-19-23(32-21)18-9-7-8-10-22(18)33-26(19,5)6/h7-10,17,19-21,23H,11-15H2,1-6H3,(H,27,29)/t17-,19+,20+,21+,23-/m1/s1. The molecule has 0 radical (unpaired) electrons. The zero-order chi connectivity index (χ0) is 24.0. The molecule has 3 heterocycles. The number of hydrogen-bond acceptors (Lipinski definition) is 5. The molecule has 2 amide bonds. The van der Waals surface area contributed by atoms with Gasteiger partial charge in [-0.25, -0.2) is 0 Å². The van der Waals surface area contributed by atoms with E-state index in [-0.39, 0.29) is 53.7 Å². The summed E-state index contributed by atoms with van der Waals surface area (Å²) in [6.45, 7) is 12.9. The van der Waals surface area contributed by atoms with Gasteiger partial charge in [0.15, 0.2) is 0 Å². The van der Waals surface area contributed by atoms with Gasteiger partial charge in [-0.1, -0.05) is 18.2 Å². The maximum absolute atomic E-state index is 13.4. The number of ether oxygens (including phenoxy) is 3. The molecule has 1 aromatic carbocycles. The first kappa shape index (κ1) is 24.0. The maximum Gasteiger partial charge on any atom is 0.247 e. The molecule has 3 aliphatic rings. The van der Waals surface area contributed by atoms with E-state index >= 15 is 0 Å². The average molecular weight is 459 g/mol. The van der Waals surface area contributed by atoms with E-state index in [4.69, 9.17) is 14.2 Å². The molecule has 0 aliphatic carbocycles. The van der Waals surface area contributed by atoms with E-state index in [1.54, 1.807) is 0 Å². The highest BCUT2D eigenvalue weighted by atomic mass is 16.5. The van der Waals surface area contributed by atoms with Crippen molar-refractivity contribution in [2.75, 3.05) is 19.7 Å². The lowest BCUT2D eigenvalue weighted by Gasteiger charge is -2.53. The Morgan fingerprint density at radius 2 is 2.00 bits per heavy atom. The Balaban J connectivity index is 1.47. The third-order valence-electron chi connectivity index (χ3n) is 7.07. The smallest absolute Gasteiger partial charge is 0.247 e. The largest absolute Gasteiger partial charge is 0.487 e. The number of piperidine rings is 1. The van der Waals surface area contributed by atoms with Crippen LogP contribution in [0.25, 0.3) is 0 Å². The van der Waals surface area contributed by atoms with Gasteiger partial charge in [-0.15, -0.1) is 0 Å². The molecule has 5 atom stereocenters. The molecule has 1 aromatic rings. The number of carbonyl (C=O) groups excluding carboxylic acids is 2. The normalized spacial score (nSPS) is 29.1. The Bertz CT molecular complexity index is 893. The highest BCUT2D eigenvalue weighted by Crippen LogP contribution is 2.52. The topological polar surface area (TPSA) is 77.1 Å². The maximum atomic E-state index is 13.4. The van der Waals surface area contributed by atoms with E-state index in [2.05, 4.69) is 25.2 Å². The minimum absolute atomic E-state index is 0.0146. The predicted octanol–water partition coefficient (Wildman–Crippen LogP) is 3.47. The van der Waals surface area contributed by atoms with E-state index in [1.807, 2.05) is 43.9 Å². The van der Waals surface area contributed by atoms with Crippen LogP contribution in [0.15, 0.2) is 24.3 Å².